The summed E-state index contributed by atoms with van der Waals surface area (Å²) in [6.07, 6.45) is 9.11. The van der Waals surface area contributed by atoms with Crippen molar-refractivity contribution in [2.75, 3.05) is 0 Å². The highest BCUT2D eigenvalue weighted by atomic mass is 16.6. The molecule has 26 heavy (non-hydrogen) atoms. The summed E-state index contributed by atoms with van der Waals surface area (Å²) in [5, 5.41) is 26.2. The van der Waals surface area contributed by atoms with Crippen molar-refractivity contribution in [2.24, 2.45) is 0 Å². The molecule has 0 aliphatic carbocycles. The summed E-state index contributed by atoms with van der Waals surface area (Å²) in [5.74, 6) is -0.392. The summed E-state index contributed by atoms with van der Waals surface area (Å²) in [5.41, 5.74) is 1.29. The molecule has 1 rings (SSSR count). The number of hydrogen-bond donors (Lipinski definition) is 3. The third-order valence-corrected chi connectivity index (χ3v) is 3.84. The fourth-order valence-electron chi connectivity index (χ4n) is 2.26. The second-order valence-corrected chi connectivity index (χ2v) is 6.31. The highest BCUT2D eigenvalue weighted by molar-refractivity contribution is 5.78. The SMILES string of the molecule is C=CC(=O)O.CCCCCCCCCc1ccc(OC(O)C(C)O)cc1. The summed E-state index contributed by atoms with van der Waals surface area (Å²) in [7, 11) is 0. The van der Waals surface area contributed by atoms with Gasteiger partial charge < -0.3 is 20.1 Å². The van der Waals surface area contributed by atoms with E-state index >= 15 is 0 Å². The zero-order valence-corrected chi connectivity index (χ0v) is 16.1. The minimum atomic E-state index is -1.17. The molecule has 1 aromatic carbocycles. The molecule has 2 unspecified atom stereocenters. The lowest BCUT2D eigenvalue weighted by atomic mass is 10.0. The summed E-state index contributed by atoms with van der Waals surface area (Å²) in [6, 6.07) is 7.76. The van der Waals surface area contributed by atoms with Crippen LogP contribution in [0.5, 0.6) is 5.75 Å². The second kappa shape index (κ2) is 15.4. The Balaban J connectivity index is 0.00000110. The standard InChI is InChI=1S/C18H30O3.C3H4O2/c1-3-4-5-6-7-8-9-10-16-11-13-17(14-12-16)21-18(20)15(2)19;1-2-3(4)5/h11-15,18-20H,3-10H2,1-2H3;2H,1H2,(H,4,5). The summed E-state index contributed by atoms with van der Waals surface area (Å²) >= 11 is 0. The van der Waals surface area contributed by atoms with Gasteiger partial charge in [0.05, 0.1) is 0 Å². The molecule has 0 fully saturated rings. The molecule has 0 aliphatic heterocycles. The van der Waals surface area contributed by atoms with Crippen molar-refractivity contribution < 1.29 is 24.9 Å². The van der Waals surface area contributed by atoms with Crippen molar-refractivity contribution >= 4 is 5.97 Å². The molecule has 5 heteroatoms. The van der Waals surface area contributed by atoms with Gasteiger partial charge in [-0.25, -0.2) is 4.79 Å². The first-order valence-corrected chi connectivity index (χ1v) is 9.37. The number of carboxylic acid groups (broad SMARTS) is 1. The minimum absolute atomic E-state index is 0.590. The number of aliphatic hydroxyl groups is 2. The molecule has 0 saturated carbocycles. The van der Waals surface area contributed by atoms with Crippen LogP contribution in [0.1, 0.15) is 64.4 Å². The molecule has 5 nitrogen and oxygen atoms in total. The number of hydrogen-bond acceptors (Lipinski definition) is 4. The van der Waals surface area contributed by atoms with Gasteiger partial charge in [0.15, 0.2) is 0 Å². The van der Waals surface area contributed by atoms with Gasteiger partial charge in [0.2, 0.25) is 6.29 Å². The molecule has 0 spiro atoms. The van der Waals surface area contributed by atoms with Crippen molar-refractivity contribution in [3.8, 4) is 5.75 Å². The first-order chi connectivity index (χ1) is 12.4. The Hall–Kier alpha value is -1.85. The highest BCUT2D eigenvalue weighted by Crippen LogP contribution is 2.16. The maximum atomic E-state index is 9.44. The molecule has 1 aromatic rings. The first-order valence-electron chi connectivity index (χ1n) is 9.37. The van der Waals surface area contributed by atoms with E-state index in [1.807, 2.05) is 24.3 Å². The smallest absolute Gasteiger partial charge is 0.327 e. The lowest BCUT2D eigenvalue weighted by Crippen LogP contribution is -2.28. The van der Waals surface area contributed by atoms with Crippen molar-refractivity contribution in [3.63, 3.8) is 0 Å². The predicted octanol–water partition coefficient (Wildman–Crippen LogP) is 4.31. The molecule has 0 heterocycles. The van der Waals surface area contributed by atoms with Gasteiger partial charge in [0.25, 0.3) is 0 Å². The monoisotopic (exact) mass is 366 g/mol. The molecule has 0 aromatic heterocycles. The Bertz CT molecular complexity index is 482. The van der Waals surface area contributed by atoms with E-state index in [4.69, 9.17) is 9.84 Å². The number of aliphatic hydroxyl groups excluding tert-OH is 2. The number of rotatable bonds is 12. The van der Waals surface area contributed by atoms with E-state index < -0.39 is 18.4 Å². The molecule has 0 radical (unpaired) electrons. The van der Waals surface area contributed by atoms with Crippen molar-refractivity contribution in [1.82, 2.24) is 0 Å². The molecule has 0 aliphatic rings. The molecule has 148 valence electrons. The zero-order valence-electron chi connectivity index (χ0n) is 16.1. The largest absolute Gasteiger partial charge is 0.478 e. The Morgan fingerprint density at radius 3 is 2.04 bits per heavy atom. The van der Waals surface area contributed by atoms with Crippen LogP contribution in [-0.4, -0.2) is 33.7 Å². The Labute approximate surface area is 157 Å². The van der Waals surface area contributed by atoms with E-state index in [2.05, 4.69) is 13.5 Å². The Morgan fingerprint density at radius 1 is 1.08 bits per heavy atom. The highest BCUT2D eigenvalue weighted by Gasteiger charge is 2.11. The number of unbranched alkanes of at least 4 members (excludes halogenated alkanes) is 6. The van der Waals surface area contributed by atoms with Crippen LogP contribution in [0.4, 0.5) is 0 Å². The number of aryl methyl sites for hydroxylation is 1. The normalized spacial score (nSPS) is 12.5. The van der Waals surface area contributed by atoms with E-state index in [0.717, 1.165) is 12.5 Å². The number of aliphatic carboxylic acids is 1. The second-order valence-electron chi connectivity index (χ2n) is 6.31. The fourth-order valence-corrected chi connectivity index (χ4v) is 2.26. The van der Waals surface area contributed by atoms with Crippen LogP contribution in [0.2, 0.25) is 0 Å². The molecule has 0 bridgehead atoms. The van der Waals surface area contributed by atoms with E-state index in [1.54, 1.807) is 0 Å². The van der Waals surface area contributed by atoms with Crippen molar-refractivity contribution in [2.45, 2.75) is 77.6 Å². The third kappa shape index (κ3) is 13.4. The van der Waals surface area contributed by atoms with Gasteiger partial charge in [-0.05, 0) is 37.5 Å². The van der Waals surface area contributed by atoms with E-state index in [1.165, 1.54) is 57.4 Å². The van der Waals surface area contributed by atoms with Gasteiger partial charge >= 0.3 is 5.97 Å². The topological polar surface area (TPSA) is 87.0 Å². The number of benzene rings is 1. The zero-order chi connectivity index (χ0) is 19.8. The summed E-state index contributed by atoms with van der Waals surface area (Å²) in [6.45, 7) is 6.70. The molecule has 0 amide bonds. The number of carbonyl (C=O) groups is 1. The van der Waals surface area contributed by atoms with Crippen LogP contribution in [0.25, 0.3) is 0 Å². The van der Waals surface area contributed by atoms with Gasteiger partial charge in [0.1, 0.15) is 11.9 Å². The average molecular weight is 366 g/mol. The van der Waals surface area contributed by atoms with Crippen LogP contribution in [0, 0.1) is 0 Å². The van der Waals surface area contributed by atoms with E-state index in [0.29, 0.717) is 5.75 Å². The molecule has 2 atom stereocenters. The van der Waals surface area contributed by atoms with E-state index in [9.17, 15) is 15.0 Å². The summed E-state index contributed by atoms with van der Waals surface area (Å²) in [4.78, 5) is 9.25. The predicted molar refractivity (Wildman–Crippen MR) is 104 cm³/mol. The van der Waals surface area contributed by atoms with Gasteiger partial charge in [0, 0.05) is 6.08 Å². The quantitative estimate of drug-likeness (QED) is 0.291. The maximum Gasteiger partial charge on any atom is 0.327 e. The van der Waals surface area contributed by atoms with Crippen LogP contribution in [-0.2, 0) is 11.2 Å². The molecular weight excluding hydrogens is 332 g/mol. The Kier molecular flexibility index (Phi) is 14.3. The van der Waals surface area contributed by atoms with Crippen LogP contribution in [0.3, 0.4) is 0 Å². The molecular formula is C21H34O5. The van der Waals surface area contributed by atoms with Gasteiger partial charge in [-0.1, -0.05) is 64.2 Å². The van der Waals surface area contributed by atoms with Crippen LogP contribution < -0.4 is 4.74 Å². The third-order valence-electron chi connectivity index (χ3n) is 3.84. The lowest BCUT2D eigenvalue weighted by Gasteiger charge is -2.15. The minimum Gasteiger partial charge on any atom is -0.478 e. The van der Waals surface area contributed by atoms with Crippen molar-refractivity contribution in [3.05, 3.63) is 42.5 Å². The van der Waals surface area contributed by atoms with Gasteiger partial charge in [-0.15, -0.1) is 0 Å². The molecule has 3 N–H and O–H groups in total. The maximum absolute atomic E-state index is 9.44. The van der Waals surface area contributed by atoms with Crippen LogP contribution in [0.15, 0.2) is 36.9 Å². The lowest BCUT2D eigenvalue weighted by molar-refractivity contribution is -0.131. The Morgan fingerprint density at radius 2 is 1.58 bits per heavy atom. The molecule has 0 saturated heterocycles. The van der Waals surface area contributed by atoms with Crippen LogP contribution >= 0.6 is 0 Å². The van der Waals surface area contributed by atoms with Gasteiger partial charge in [-0.3, -0.25) is 0 Å². The fraction of sp³-hybridized carbons (Fsp3) is 0.571. The first kappa shape index (κ1) is 24.1. The van der Waals surface area contributed by atoms with E-state index in [-0.39, 0.29) is 0 Å². The number of carboxylic acids is 1. The number of ether oxygens (including phenoxy) is 1. The van der Waals surface area contributed by atoms with Crippen molar-refractivity contribution in [1.29, 1.82) is 0 Å². The summed E-state index contributed by atoms with van der Waals surface area (Å²) < 4.78 is 5.22. The average Bonchev–Trinajstić information content (AvgIpc) is 2.62. The van der Waals surface area contributed by atoms with Gasteiger partial charge in [-0.2, -0.15) is 0 Å².